The molecule has 0 radical (unpaired) electrons. The van der Waals surface area contributed by atoms with Gasteiger partial charge in [0.1, 0.15) is 29.6 Å². The molecule has 1 aliphatic heterocycles. The average molecular weight is 641 g/mol. The first-order valence-corrected chi connectivity index (χ1v) is 15.3. The highest BCUT2D eigenvalue weighted by Gasteiger charge is 2.48. The summed E-state index contributed by atoms with van der Waals surface area (Å²) in [6.45, 7) is 9.22. The summed E-state index contributed by atoms with van der Waals surface area (Å²) in [7, 11) is 0. The molecule has 0 bridgehead atoms. The van der Waals surface area contributed by atoms with Gasteiger partial charge in [-0.25, -0.2) is 9.78 Å². The highest BCUT2D eigenvalue weighted by Crippen LogP contribution is 2.46. The van der Waals surface area contributed by atoms with Gasteiger partial charge >= 0.3 is 11.9 Å². The van der Waals surface area contributed by atoms with Gasteiger partial charge in [-0.05, 0) is 67.8 Å². The number of Topliss-reactive ketones (excluding diaryl/α,β-unsaturated/α-hetero) is 1. The Balaban J connectivity index is 1.60. The number of phenols is 1. The number of amides is 1. The summed E-state index contributed by atoms with van der Waals surface area (Å²) in [6.07, 6.45) is 1.43. The predicted octanol–water partition coefficient (Wildman–Crippen LogP) is 6.41. The molecule has 1 amide bonds. The molecular weight excluding hydrogens is 608 g/mol. The molecule has 0 aliphatic carbocycles. The molecule has 4 aromatic rings. The van der Waals surface area contributed by atoms with E-state index in [1.807, 2.05) is 30.3 Å². The molecule has 1 atom stereocenters. The minimum absolute atomic E-state index is 0.0147. The number of ketones is 1. The number of benzene rings is 3. The lowest BCUT2D eigenvalue weighted by Crippen LogP contribution is -2.29. The molecule has 46 heavy (non-hydrogen) atoms. The van der Waals surface area contributed by atoms with E-state index in [1.54, 1.807) is 39.0 Å². The number of esters is 1. The minimum Gasteiger partial charge on any atom is -0.507 e. The van der Waals surface area contributed by atoms with Crippen molar-refractivity contribution in [3.63, 3.8) is 0 Å². The van der Waals surface area contributed by atoms with Crippen molar-refractivity contribution < 1.29 is 38.8 Å². The fourth-order valence-electron chi connectivity index (χ4n) is 5.07. The Hall–Kier alpha value is -5.42. The van der Waals surface area contributed by atoms with Crippen LogP contribution < -0.4 is 14.4 Å². The maximum atomic E-state index is 13.7. The Morgan fingerprint density at radius 2 is 1.83 bits per heavy atom. The number of hydrogen-bond donors (Lipinski definition) is 2. The molecule has 11 heteroatoms. The van der Waals surface area contributed by atoms with Crippen molar-refractivity contribution in [2.75, 3.05) is 18.1 Å². The Labute approximate surface area is 269 Å². The first-order chi connectivity index (χ1) is 22.1. The first kappa shape index (κ1) is 32.0. The molecule has 5 rings (SSSR count). The smallest absolute Gasteiger partial charge is 0.350 e. The van der Waals surface area contributed by atoms with Crippen molar-refractivity contribution >= 4 is 39.9 Å². The van der Waals surface area contributed by atoms with Crippen LogP contribution in [0.25, 0.3) is 5.76 Å². The number of aromatic hydroxyl groups is 1. The van der Waals surface area contributed by atoms with Gasteiger partial charge in [0.25, 0.3) is 5.78 Å². The van der Waals surface area contributed by atoms with E-state index in [9.17, 15) is 24.6 Å². The number of nitrogens with zero attached hydrogens (tertiary/aromatic N) is 2. The summed E-state index contributed by atoms with van der Waals surface area (Å²) >= 11 is 0.887. The number of anilines is 1. The van der Waals surface area contributed by atoms with Crippen LogP contribution in [-0.4, -0.2) is 46.1 Å². The molecule has 1 aliphatic rings. The molecule has 1 saturated heterocycles. The molecule has 1 aromatic heterocycles. The topological polar surface area (TPSA) is 135 Å². The van der Waals surface area contributed by atoms with Crippen LogP contribution in [0.2, 0.25) is 0 Å². The first-order valence-electron chi connectivity index (χ1n) is 14.4. The van der Waals surface area contributed by atoms with Crippen molar-refractivity contribution in [3.8, 4) is 17.2 Å². The highest BCUT2D eigenvalue weighted by atomic mass is 32.1. The van der Waals surface area contributed by atoms with Gasteiger partial charge in [-0.1, -0.05) is 60.4 Å². The SMILES string of the molecule is C=CCOC(=O)c1sc(N2C(=O)C(=O)C(=C(O)c3ccc(OCc4ccccc4)cc3C)[C@@H]2c2ccc(O)c(OCC)c2)nc1C. The van der Waals surface area contributed by atoms with Crippen LogP contribution in [0.3, 0.4) is 0 Å². The Bertz CT molecular complexity index is 1850. The number of carbonyl (C=O) groups excluding carboxylic acids is 3. The van der Waals surface area contributed by atoms with Crippen LogP contribution in [-0.2, 0) is 20.9 Å². The normalized spacial score (nSPS) is 15.5. The van der Waals surface area contributed by atoms with Gasteiger partial charge in [0.2, 0.25) is 0 Å². The maximum Gasteiger partial charge on any atom is 0.350 e. The van der Waals surface area contributed by atoms with Gasteiger partial charge in [0.15, 0.2) is 16.6 Å². The summed E-state index contributed by atoms with van der Waals surface area (Å²) in [6, 6.07) is 17.9. The van der Waals surface area contributed by atoms with E-state index in [0.717, 1.165) is 21.8 Å². The largest absolute Gasteiger partial charge is 0.507 e. The van der Waals surface area contributed by atoms with Crippen LogP contribution in [0.1, 0.15) is 50.6 Å². The lowest BCUT2D eigenvalue weighted by molar-refractivity contribution is -0.132. The summed E-state index contributed by atoms with van der Waals surface area (Å²) < 4.78 is 16.7. The van der Waals surface area contributed by atoms with Crippen molar-refractivity contribution in [3.05, 3.63) is 118 Å². The zero-order chi connectivity index (χ0) is 33.0. The standard InChI is InChI=1S/C35H32N2O8S/c1-5-16-44-34(42)32-21(4)36-35(46-32)37-29(23-12-15-26(38)27(18-23)43-6-2)28(31(40)33(37)41)30(39)25-14-13-24(17-20(25)3)45-19-22-10-8-7-9-11-22/h5,7-15,17-18,29,38-39H,1,6,16,19H2,2-4H3/t29-/m0/s1. The van der Waals surface area contributed by atoms with Crippen molar-refractivity contribution in [1.29, 1.82) is 0 Å². The monoisotopic (exact) mass is 640 g/mol. The van der Waals surface area contributed by atoms with Crippen LogP contribution in [0.5, 0.6) is 17.2 Å². The molecule has 0 unspecified atom stereocenters. The van der Waals surface area contributed by atoms with Gasteiger partial charge in [0.05, 0.1) is 23.9 Å². The molecule has 0 spiro atoms. The summed E-state index contributed by atoms with van der Waals surface area (Å²) in [5, 5.41) is 22.2. The number of ether oxygens (including phenoxy) is 3. The molecule has 2 N–H and O–H groups in total. The molecule has 1 fully saturated rings. The summed E-state index contributed by atoms with van der Waals surface area (Å²) in [5.74, 6) is -2.39. The number of phenolic OH excluding ortho intramolecular Hbond substituents is 1. The third-order valence-corrected chi connectivity index (χ3v) is 8.39. The number of carbonyl (C=O) groups is 3. The number of aliphatic hydroxyl groups is 1. The van der Waals surface area contributed by atoms with Crippen LogP contribution >= 0.6 is 11.3 Å². The Kier molecular flexibility index (Phi) is 9.53. The quantitative estimate of drug-likeness (QED) is 0.0627. The van der Waals surface area contributed by atoms with Gasteiger partial charge in [-0.3, -0.25) is 14.5 Å². The third kappa shape index (κ3) is 6.36. The van der Waals surface area contributed by atoms with E-state index >= 15 is 0 Å². The molecule has 10 nitrogen and oxygen atoms in total. The van der Waals surface area contributed by atoms with E-state index in [4.69, 9.17) is 14.2 Å². The summed E-state index contributed by atoms with van der Waals surface area (Å²) in [5.41, 5.74) is 2.39. The molecule has 3 aromatic carbocycles. The second kappa shape index (κ2) is 13.7. The number of rotatable bonds is 11. The van der Waals surface area contributed by atoms with Gasteiger partial charge < -0.3 is 24.4 Å². The van der Waals surface area contributed by atoms with E-state index in [0.29, 0.717) is 34.7 Å². The van der Waals surface area contributed by atoms with E-state index < -0.39 is 29.5 Å². The third-order valence-electron chi connectivity index (χ3n) is 7.25. The fraction of sp³-hybridized carbons (Fsp3) is 0.200. The second-order valence-electron chi connectivity index (χ2n) is 10.4. The average Bonchev–Trinajstić information content (AvgIpc) is 3.56. The molecule has 0 saturated carbocycles. The molecule has 236 valence electrons. The van der Waals surface area contributed by atoms with E-state index in [1.165, 1.54) is 24.3 Å². The zero-order valence-corrected chi connectivity index (χ0v) is 26.3. The number of thiazole rings is 1. The highest BCUT2D eigenvalue weighted by molar-refractivity contribution is 7.17. The van der Waals surface area contributed by atoms with Gasteiger partial charge in [0, 0.05) is 5.56 Å². The van der Waals surface area contributed by atoms with Gasteiger partial charge in [-0.15, -0.1) is 0 Å². The van der Waals surface area contributed by atoms with Crippen molar-refractivity contribution in [2.24, 2.45) is 0 Å². The van der Waals surface area contributed by atoms with Crippen molar-refractivity contribution in [2.45, 2.75) is 33.4 Å². The maximum absolute atomic E-state index is 13.7. The number of hydrogen-bond acceptors (Lipinski definition) is 10. The van der Waals surface area contributed by atoms with Gasteiger partial charge in [-0.2, -0.15) is 0 Å². The van der Waals surface area contributed by atoms with Crippen LogP contribution in [0.15, 0.2) is 85.0 Å². The predicted molar refractivity (Wildman–Crippen MR) is 173 cm³/mol. The van der Waals surface area contributed by atoms with Crippen molar-refractivity contribution in [1.82, 2.24) is 4.98 Å². The minimum atomic E-state index is -1.17. The van der Waals surface area contributed by atoms with Crippen LogP contribution in [0.4, 0.5) is 5.13 Å². The van der Waals surface area contributed by atoms with E-state index in [2.05, 4.69) is 11.6 Å². The number of aryl methyl sites for hydroxylation is 2. The number of aliphatic hydroxyl groups excluding tert-OH is 1. The Morgan fingerprint density at radius 3 is 2.52 bits per heavy atom. The lowest BCUT2D eigenvalue weighted by Gasteiger charge is -2.24. The second-order valence-corrected chi connectivity index (χ2v) is 11.4. The molecule has 2 heterocycles. The van der Waals surface area contributed by atoms with E-state index in [-0.39, 0.29) is 40.3 Å². The summed E-state index contributed by atoms with van der Waals surface area (Å²) in [4.78, 5) is 45.9. The number of aromatic nitrogens is 1. The zero-order valence-electron chi connectivity index (χ0n) is 25.5. The fourth-order valence-corrected chi connectivity index (χ4v) is 6.06. The van der Waals surface area contributed by atoms with Crippen LogP contribution in [0, 0.1) is 13.8 Å². The molecular formula is C35H32N2O8S. The Morgan fingerprint density at radius 1 is 1.07 bits per heavy atom. The lowest BCUT2D eigenvalue weighted by atomic mass is 9.93.